The Kier molecular flexibility index (Phi) is 4.65. The zero-order valence-electron chi connectivity index (χ0n) is 13.5. The topological polar surface area (TPSA) is 106 Å². The van der Waals surface area contributed by atoms with Gasteiger partial charge < -0.3 is 4.42 Å². The van der Waals surface area contributed by atoms with E-state index in [0.29, 0.717) is 17.5 Å². The first kappa shape index (κ1) is 16.5. The fourth-order valence-electron chi connectivity index (χ4n) is 2.43. The maximum absolute atomic E-state index is 12.1. The molecule has 3 rings (SSSR count). The van der Waals surface area contributed by atoms with Crippen molar-refractivity contribution in [3.8, 4) is 0 Å². The Balaban J connectivity index is 1.71. The van der Waals surface area contributed by atoms with Crippen LogP contribution in [0.4, 0.5) is 0 Å². The van der Waals surface area contributed by atoms with Gasteiger partial charge in [-0.25, -0.2) is 4.98 Å². The summed E-state index contributed by atoms with van der Waals surface area (Å²) in [5.74, 6) is -1.48. The van der Waals surface area contributed by atoms with Gasteiger partial charge in [0.1, 0.15) is 6.33 Å². The van der Waals surface area contributed by atoms with Crippen LogP contribution in [0, 0.1) is 0 Å². The van der Waals surface area contributed by atoms with E-state index in [9.17, 15) is 14.4 Å². The second-order valence-corrected chi connectivity index (χ2v) is 5.60. The van der Waals surface area contributed by atoms with Gasteiger partial charge in [0.05, 0.1) is 12.5 Å². The van der Waals surface area contributed by atoms with Crippen LogP contribution in [0.25, 0.3) is 0 Å². The van der Waals surface area contributed by atoms with Crippen molar-refractivity contribution in [1.82, 2.24) is 15.2 Å². The lowest BCUT2D eigenvalue weighted by molar-refractivity contribution is -0.114. The van der Waals surface area contributed by atoms with Gasteiger partial charge in [-0.15, -0.1) is 5.10 Å². The number of Topliss-reactive ketones (excluding diaryl/α,β-unsaturated/α-hetero) is 3. The molecule has 0 saturated carbocycles. The summed E-state index contributed by atoms with van der Waals surface area (Å²) >= 11 is 0. The number of hydrogen-bond donors (Lipinski definition) is 1. The molecule has 7 heteroatoms. The van der Waals surface area contributed by atoms with Crippen molar-refractivity contribution >= 4 is 17.3 Å². The first-order chi connectivity index (χ1) is 12.0. The van der Waals surface area contributed by atoms with Gasteiger partial charge in [0.2, 0.25) is 11.6 Å². The fourth-order valence-corrected chi connectivity index (χ4v) is 2.43. The molecule has 3 aromatic rings. The van der Waals surface area contributed by atoms with E-state index in [4.69, 9.17) is 4.42 Å². The Morgan fingerprint density at radius 3 is 2.44 bits per heavy atom. The number of carbonyl (C=O) groups excluding carboxylic acids is 3. The van der Waals surface area contributed by atoms with Crippen LogP contribution in [0.2, 0.25) is 0 Å². The standard InChI is InChI=1S/C18H15N3O4/c1-11(22)13-4-2-12(3-5-13)6-14-8-25-9-15(14)7-16(23)17(24)18-19-10-20-21-18/h2-5,8-10H,6-7H2,1H3,(H,19,20,21). The molecule has 0 aliphatic heterocycles. The third kappa shape index (κ3) is 3.77. The van der Waals surface area contributed by atoms with Crippen LogP contribution in [0.5, 0.6) is 0 Å². The Morgan fingerprint density at radius 2 is 1.80 bits per heavy atom. The molecule has 1 N–H and O–H groups in total. The van der Waals surface area contributed by atoms with Gasteiger partial charge in [-0.3, -0.25) is 19.5 Å². The predicted molar refractivity (Wildman–Crippen MR) is 87.4 cm³/mol. The summed E-state index contributed by atoms with van der Waals surface area (Å²) in [6.45, 7) is 1.51. The molecule has 2 heterocycles. The molecule has 0 aliphatic rings. The SMILES string of the molecule is CC(=O)c1ccc(Cc2cocc2CC(=O)C(=O)c2nc[nH]n2)cc1. The summed E-state index contributed by atoms with van der Waals surface area (Å²) in [6, 6.07) is 7.23. The predicted octanol–water partition coefficient (Wildman–Crippen LogP) is 2.19. The average molecular weight is 337 g/mol. The van der Waals surface area contributed by atoms with E-state index in [0.717, 1.165) is 11.1 Å². The minimum atomic E-state index is -0.737. The highest BCUT2D eigenvalue weighted by atomic mass is 16.3. The number of hydrogen-bond acceptors (Lipinski definition) is 6. The lowest BCUT2D eigenvalue weighted by atomic mass is 9.99. The van der Waals surface area contributed by atoms with Crippen molar-refractivity contribution in [2.45, 2.75) is 19.8 Å². The molecule has 0 atom stereocenters. The summed E-state index contributed by atoms with van der Waals surface area (Å²) in [7, 11) is 0. The highest BCUT2D eigenvalue weighted by Gasteiger charge is 2.21. The number of benzene rings is 1. The van der Waals surface area contributed by atoms with Crippen molar-refractivity contribution in [3.05, 3.63) is 71.2 Å². The summed E-state index contributed by atoms with van der Waals surface area (Å²) in [6.07, 6.45) is 4.71. The largest absolute Gasteiger partial charge is 0.472 e. The summed E-state index contributed by atoms with van der Waals surface area (Å²) in [4.78, 5) is 39.1. The number of H-pyrrole nitrogens is 1. The molecule has 0 spiro atoms. The first-order valence-electron chi connectivity index (χ1n) is 7.61. The summed E-state index contributed by atoms with van der Waals surface area (Å²) < 4.78 is 5.20. The zero-order chi connectivity index (χ0) is 17.8. The molecule has 1 aromatic carbocycles. The lowest BCUT2D eigenvalue weighted by Gasteiger charge is -2.03. The van der Waals surface area contributed by atoms with E-state index in [2.05, 4.69) is 15.2 Å². The molecule has 25 heavy (non-hydrogen) atoms. The Labute approximate surface area is 143 Å². The van der Waals surface area contributed by atoms with E-state index in [1.165, 1.54) is 19.5 Å². The maximum Gasteiger partial charge on any atom is 0.267 e. The number of furan rings is 1. The van der Waals surface area contributed by atoms with Crippen LogP contribution in [0.3, 0.4) is 0 Å². The van der Waals surface area contributed by atoms with Crippen LogP contribution >= 0.6 is 0 Å². The normalized spacial score (nSPS) is 10.6. The van der Waals surface area contributed by atoms with Gasteiger partial charge in [-0.1, -0.05) is 24.3 Å². The first-order valence-corrected chi connectivity index (χ1v) is 7.61. The van der Waals surface area contributed by atoms with Crippen LogP contribution < -0.4 is 0 Å². The molecule has 2 aromatic heterocycles. The molecule has 0 fully saturated rings. The Hall–Kier alpha value is -3.35. The summed E-state index contributed by atoms with van der Waals surface area (Å²) in [5, 5.41) is 6.03. The number of nitrogens with zero attached hydrogens (tertiary/aromatic N) is 2. The molecule has 0 bridgehead atoms. The molecule has 0 amide bonds. The van der Waals surface area contributed by atoms with Gasteiger partial charge in [-0.05, 0) is 18.1 Å². The number of ketones is 3. The van der Waals surface area contributed by atoms with Crippen molar-refractivity contribution in [1.29, 1.82) is 0 Å². The Morgan fingerprint density at radius 1 is 1.08 bits per heavy atom. The monoisotopic (exact) mass is 337 g/mol. The lowest BCUT2D eigenvalue weighted by Crippen LogP contribution is -2.18. The molecule has 126 valence electrons. The number of aromatic amines is 1. The highest BCUT2D eigenvalue weighted by molar-refractivity contribution is 6.43. The molecule has 0 aliphatic carbocycles. The van der Waals surface area contributed by atoms with Crippen LogP contribution in [-0.2, 0) is 17.6 Å². The molecule has 0 unspecified atom stereocenters. The molecule has 0 radical (unpaired) electrons. The van der Waals surface area contributed by atoms with Gasteiger partial charge in [0, 0.05) is 24.0 Å². The van der Waals surface area contributed by atoms with Crippen LogP contribution in [-0.4, -0.2) is 32.5 Å². The fraction of sp³-hybridized carbons (Fsp3) is 0.167. The molecular formula is C18H15N3O4. The minimum absolute atomic E-state index is 0.00614. The van der Waals surface area contributed by atoms with Crippen molar-refractivity contribution in [3.63, 3.8) is 0 Å². The van der Waals surface area contributed by atoms with E-state index in [1.807, 2.05) is 12.1 Å². The second kappa shape index (κ2) is 7.04. The van der Waals surface area contributed by atoms with Crippen LogP contribution in [0.1, 0.15) is 44.6 Å². The van der Waals surface area contributed by atoms with Crippen molar-refractivity contribution in [2.75, 3.05) is 0 Å². The average Bonchev–Trinajstić information content (AvgIpc) is 3.27. The molecule has 0 saturated heterocycles. The Bertz CT molecular complexity index is 908. The van der Waals surface area contributed by atoms with Gasteiger partial charge >= 0.3 is 0 Å². The maximum atomic E-state index is 12.1. The smallest absolute Gasteiger partial charge is 0.267 e. The number of carbonyl (C=O) groups is 3. The van der Waals surface area contributed by atoms with E-state index >= 15 is 0 Å². The zero-order valence-corrected chi connectivity index (χ0v) is 13.5. The molecular weight excluding hydrogens is 322 g/mol. The van der Waals surface area contributed by atoms with Crippen LogP contribution in [0.15, 0.2) is 47.5 Å². The third-order valence-corrected chi connectivity index (χ3v) is 3.81. The van der Waals surface area contributed by atoms with E-state index < -0.39 is 11.6 Å². The molecule has 7 nitrogen and oxygen atoms in total. The third-order valence-electron chi connectivity index (χ3n) is 3.81. The number of aromatic nitrogens is 3. The van der Waals surface area contributed by atoms with Gasteiger partial charge in [0.15, 0.2) is 5.78 Å². The van der Waals surface area contributed by atoms with Gasteiger partial charge in [0.25, 0.3) is 5.78 Å². The van der Waals surface area contributed by atoms with Crippen molar-refractivity contribution in [2.24, 2.45) is 0 Å². The minimum Gasteiger partial charge on any atom is -0.472 e. The van der Waals surface area contributed by atoms with Crippen molar-refractivity contribution < 1.29 is 18.8 Å². The quantitative estimate of drug-likeness (QED) is 0.523. The number of rotatable bonds is 7. The van der Waals surface area contributed by atoms with E-state index in [1.54, 1.807) is 18.4 Å². The number of nitrogens with one attached hydrogen (secondary N) is 1. The second-order valence-electron chi connectivity index (χ2n) is 5.60. The summed E-state index contributed by atoms with van der Waals surface area (Å²) in [5.41, 5.74) is 3.07. The van der Waals surface area contributed by atoms with Gasteiger partial charge in [-0.2, -0.15) is 0 Å². The highest BCUT2D eigenvalue weighted by Crippen LogP contribution is 2.18. The van der Waals surface area contributed by atoms with E-state index in [-0.39, 0.29) is 18.0 Å².